The molecule has 2 N–H and O–H groups in total. The second-order valence-electron chi connectivity index (χ2n) is 7.45. The topological polar surface area (TPSA) is 83.8 Å². The number of carbonyl (C=O) groups is 1. The van der Waals surface area contributed by atoms with Crippen molar-refractivity contribution in [3.05, 3.63) is 77.6 Å². The van der Waals surface area contributed by atoms with Gasteiger partial charge in [-0.15, -0.1) is 24.0 Å². The van der Waals surface area contributed by atoms with Crippen LogP contribution in [0, 0.1) is 0 Å². The molecule has 0 aliphatic carbocycles. The van der Waals surface area contributed by atoms with Gasteiger partial charge in [0.2, 0.25) is 0 Å². The number of guanidine groups is 1. The van der Waals surface area contributed by atoms with E-state index in [9.17, 15) is 4.79 Å². The van der Waals surface area contributed by atoms with E-state index in [1.54, 1.807) is 33.2 Å². The first-order valence-corrected chi connectivity index (χ1v) is 10.4. The molecule has 0 fully saturated rings. The number of hydrogen-bond donors (Lipinski definition) is 2. The minimum Gasteiger partial charge on any atom is -0.497 e. The van der Waals surface area contributed by atoms with Crippen LogP contribution in [0.1, 0.15) is 21.6 Å². The molecular weight excluding hydrogens is 531 g/mol. The van der Waals surface area contributed by atoms with Crippen molar-refractivity contribution < 1.29 is 9.53 Å². The van der Waals surface area contributed by atoms with Crippen LogP contribution >= 0.6 is 24.0 Å². The van der Waals surface area contributed by atoms with E-state index in [4.69, 9.17) is 4.74 Å². The Kier molecular flexibility index (Phi) is 10.2. The summed E-state index contributed by atoms with van der Waals surface area (Å²) in [6.07, 6.45) is 2.71. The number of rotatable bonds is 8. The summed E-state index contributed by atoms with van der Waals surface area (Å²) in [5, 5.41) is 11.2. The summed E-state index contributed by atoms with van der Waals surface area (Å²) in [5.74, 6) is 1.52. The second-order valence-corrected chi connectivity index (χ2v) is 7.45. The minimum absolute atomic E-state index is 0. The Morgan fingerprint density at radius 2 is 1.88 bits per heavy atom. The summed E-state index contributed by atoms with van der Waals surface area (Å²) in [6, 6.07) is 17.4. The monoisotopic (exact) mass is 562 g/mol. The SMILES string of the molecule is CN=C(NCCc1cccc(C(=O)N(C)C)c1)NCc1ccn(-c2ccc(OC)cc2)n1.I. The smallest absolute Gasteiger partial charge is 0.253 e. The molecule has 0 saturated carbocycles. The fraction of sp³-hybridized carbons (Fsp3) is 0.292. The number of ether oxygens (including phenoxy) is 1. The van der Waals surface area contributed by atoms with Crippen molar-refractivity contribution in [1.82, 2.24) is 25.3 Å². The molecule has 0 radical (unpaired) electrons. The van der Waals surface area contributed by atoms with Crippen LogP contribution in [0.2, 0.25) is 0 Å². The third-order valence-corrected chi connectivity index (χ3v) is 4.93. The summed E-state index contributed by atoms with van der Waals surface area (Å²) in [5.41, 5.74) is 3.66. The predicted molar refractivity (Wildman–Crippen MR) is 142 cm³/mol. The maximum absolute atomic E-state index is 12.1. The van der Waals surface area contributed by atoms with Gasteiger partial charge in [-0.1, -0.05) is 12.1 Å². The molecule has 0 saturated heterocycles. The zero-order valence-electron chi connectivity index (χ0n) is 19.4. The average molecular weight is 562 g/mol. The normalized spacial score (nSPS) is 10.8. The largest absolute Gasteiger partial charge is 0.497 e. The van der Waals surface area contributed by atoms with Crippen LogP contribution in [0.5, 0.6) is 5.75 Å². The number of carbonyl (C=O) groups excluding carboxylic acids is 1. The Balaban J connectivity index is 0.00000385. The average Bonchev–Trinajstić information content (AvgIpc) is 3.30. The van der Waals surface area contributed by atoms with Crippen molar-refractivity contribution >= 4 is 35.8 Å². The standard InChI is InChI=1S/C24H30N6O2.HI/c1-25-24(26-14-12-18-6-5-7-19(16-18)23(31)29(2)3)27-17-20-13-15-30(28-20)21-8-10-22(32-4)11-9-21;/h5-11,13,15-16H,12,14,17H2,1-4H3,(H2,25,26,27);1H. The lowest BCUT2D eigenvalue weighted by molar-refractivity contribution is 0.0827. The van der Waals surface area contributed by atoms with Gasteiger partial charge in [0.05, 0.1) is 25.0 Å². The van der Waals surface area contributed by atoms with Crippen LogP contribution in [-0.2, 0) is 13.0 Å². The summed E-state index contributed by atoms with van der Waals surface area (Å²) < 4.78 is 7.02. The number of hydrogen-bond acceptors (Lipinski definition) is 4. The zero-order chi connectivity index (χ0) is 22.9. The molecule has 0 bridgehead atoms. The Labute approximate surface area is 212 Å². The maximum Gasteiger partial charge on any atom is 0.253 e. The molecule has 0 atom stereocenters. The van der Waals surface area contributed by atoms with E-state index in [0.717, 1.165) is 29.1 Å². The first kappa shape index (κ1) is 26.2. The van der Waals surface area contributed by atoms with Crippen LogP contribution in [0.3, 0.4) is 0 Å². The molecular formula is C24H31IN6O2. The minimum atomic E-state index is 0. The van der Waals surface area contributed by atoms with E-state index < -0.39 is 0 Å². The van der Waals surface area contributed by atoms with Crippen molar-refractivity contribution in [3.8, 4) is 11.4 Å². The molecule has 0 aliphatic rings. The third kappa shape index (κ3) is 7.48. The molecule has 2 aromatic carbocycles. The second kappa shape index (κ2) is 12.8. The third-order valence-electron chi connectivity index (χ3n) is 4.93. The number of nitrogens with zero attached hydrogens (tertiary/aromatic N) is 4. The number of aliphatic imine (C=N–C) groups is 1. The summed E-state index contributed by atoms with van der Waals surface area (Å²) in [4.78, 5) is 18.0. The van der Waals surface area contributed by atoms with Crippen LogP contribution in [0.25, 0.3) is 5.69 Å². The number of methoxy groups -OCH3 is 1. The van der Waals surface area contributed by atoms with E-state index in [2.05, 4.69) is 20.7 Å². The number of benzene rings is 2. The van der Waals surface area contributed by atoms with Crippen molar-refractivity contribution in [1.29, 1.82) is 0 Å². The van der Waals surface area contributed by atoms with Gasteiger partial charge >= 0.3 is 0 Å². The summed E-state index contributed by atoms with van der Waals surface area (Å²) >= 11 is 0. The number of halogens is 1. The van der Waals surface area contributed by atoms with E-state index in [1.807, 2.05) is 65.5 Å². The molecule has 0 spiro atoms. The fourth-order valence-corrected chi connectivity index (χ4v) is 3.17. The fourth-order valence-electron chi connectivity index (χ4n) is 3.17. The highest BCUT2D eigenvalue weighted by Gasteiger charge is 2.08. The molecule has 0 unspecified atom stereocenters. The van der Waals surface area contributed by atoms with Crippen molar-refractivity contribution in [2.75, 3.05) is 34.8 Å². The Morgan fingerprint density at radius 3 is 2.55 bits per heavy atom. The molecule has 8 nitrogen and oxygen atoms in total. The quantitative estimate of drug-likeness (QED) is 0.251. The molecule has 0 aliphatic heterocycles. The van der Waals surface area contributed by atoms with Crippen LogP contribution in [0.15, 0.2) is 65.8 Å². The molecule has 176 valence electrons. The van der Waals surface area contributed by atoms with Gasteiger partial charge in [0.25, 0.3) is 5.91 Å². The highest BCUT2D eigenvalue weighted by atomic mass is 127. The first-order chi connectivity index (χ1) is 15.5. The highest BCUT2D eigenvalue weighted by molar-refractivity contribution is 14.0. The Hall–Kier alpha value is -3.08. The number of aromatic nitrogens is 2. The van der Waals surface area contributed by atoms with Gasteiger partial charge < -0.3 is 20.3 Å². The van der Waals surface area contributed by atoms with Crippen molar-refractivity contribution in [2.45, 2.75) is 13.0 Å². The Morgan fingerprint density at radius 1 is 1.12 bits per heavy atom. The van der Waals surface area contributed by atoms with Crippen LogP contribution < -0.4 is 15.4 Å². The molecule has 1 amide bonds. The van der Waals surface area contributed by atoms with Crippen molar-refractivity contribution in [2.24, 2.45) is 4.99 Å². The van der Waals surface area contributed by atoms with Gasteiger partial charge in [-0.25, -0.2) is 4.68 Å². The predicted octanol–water partition coefficient (Wildman–Crippen LogP) is 3.11. The molecule has 33 heavy (non-hydrogen) atoms. The summed E-state index contributed by atoms with van der Waals surface area (Å²) in [6.45, 7) is 1.25. The molecule has 9 heteroatoms. The van der Waals surface area contributed by atoms with Gasteiger partial charge in [-0.2, -0.15) is 5.10 Å². The molecule has 3 rings (SSSR count). The Bertz CT molecular complexity index is 1060. The van der Waals surface area contributed by atoms with Gasteiger partial charge in [-0.3, -0.25) is 9.79 Å². The van der Waals surface area contributed by atoms with Crippen molar-refractivity contribution in [3.63, 3.8) is 0 Å². The number of amides is 1. The lowest BCUT2D eigenvalue weighted by Gasteiger charge is -2.13. The maximum atomic E-state index is 12.1. The highest BCUT2D eigenvalue weighted by Crippen LogP contribution is 2.14. The van der Waals surface area contributed by atoms with Gasteiger partial charge in [0, 0.05) is 39.4 Å². The van der Waals surface area contributed by atoms with Crippen LogP contribution in [-0.4, -0.2) is 61.3 Å². The van der Waals surface area contributed by atoms with E-state index >= 15 is 0 Å². The van der Waals surface area contributed by atoms with Gasteiger partial charge in [-0.05, 0) is 54.4 Å². The van der Waals surface area contributed by atoms with Gasteiger partial charge in [0.1, 0.15) is 5.75 Å². The van der Waals surface area contributed by atoms with E-state index in [0.29, 0.717) is 24.6 Å². The van der Waals surface area contributed by atoms with E-state index in [1.165, 1.54) is 0 Å². The van der Waals surface area contributed by atoms with Gasteiger partial charge in [0.15, 0.2) is 5.96 Å². The summed E-state index contributed by atoms with van der Waals surface area (Å²) in [7, 11) is 6.90. The number of nitrogens with one attached hydrogen (secondary N) is 2. The van der Waals surface area contributed by atoms with E-state index in [-0.39, 0.29) is 29.9 Å². The lowest BCUT2D eigenvalue weighted by Crippen LogP contribution is -2.38. The lowest BCUT2D eigenvalue weighted by atomic mass is 10.1. The first-order valence-electron chi connectivity index (χ1n) is 10.4. The molecule has 1 aromatic heterocycles. The zero-order valence-corrected chi connectivity index (χ0v) is 21.7. The van der Waals surface area contributed by atoms with Crippen LogP contribution in [0.4, 0.5) is 0 Å². The molecule has 1 heterocycles. The molecule has 3 aromatic rings.